The van der Waals surface area contributed by atoms with Gasteiger partial charge < -0.3 is 21.3 Å². The lowest BCUT2D eigenvalue weighted by Crippen LogP contribution is -2.26. The van der Waals surface area contributed by atoms with Gasteiger partial charge in [-0.05, 0) is 74.2 Å². The number of carbonyl (C=O) groups is 4. The number of nitrogens with one attached hydrogen (secondary N) is 4. The molecule has 0 aliphatic rings. The highest BCUT2D eigenvalue weighted by atomic mass is 16.2. The first-order valence-electron chi connectivity index (χ1n) is 14.8. The minimum absolute atomic E-state index is 0.156. The lowest BCUT2D eigenvalue weighted by Gasteiger charge is -2.15. The summed E-state index contributed by atoms with van der Waals surface area (Å²) in [6, 6.07) is 32.7. The lowest BCUT2D eigenvalue weighted by atomic mass is 10.1. The van der Waals surface area contributed by atoms with E-state index in [9.17, 15) is 19.2 Å². The molecule has 4 aromatic carbocycles. The molecule has 0 bridgehead atoms. The zero-order chi connectivity index (χ0) is 31.3. The molecule has 2 atom stereocenters. The van der Waals surface area contributed by atoms with Crippen LogP contribution in [0.1, 0.15) is 83.5 Å². The molecule has 0 fully saturated rings. The molecule has 8 heteroatoms. The molecular formula is C36H38N4O4. The molecule has 4 amide bonds. The summed E-state index contributed by atoms with van der Waals surface area (Å²) >= 11 is 0. The maximum atomic E-state index is 12.7. The van der Waals surface area contributed by atoms with Gasteiger partial charge in [0, 0.05) is 35.3 Å². The fourth-order valence-electron chi connectivity index (χ4n) is 4.70. The normalized spacial score (nSPS) is 12.0. The first-order chi connectivity index (χ1) is 21.3. The monoisotopic (exact) mass is 590 g/mol. The predicted octanol–water partition coefficient (Wildman–Crippen LogP) is 6.81. The van der Waals surface area contributed by atoms with E-state index >= 15 is 0 Å². The van der Waals surface area contributed by atoms with E-state index in [2.05, 4.69) is 21.3 Å². The number of unbranched alkanes of at least 4 members (excludes halogenated alkanes) is 1. The molecule has 4 N–H and O–H groups in total. The maximum Gasteiger partial charge on any atom is 0.251 e. The van der Waals surface area contributed by atoms with Crippen molar-refractivity contribution in [2.75, 3.05) is 10.6 Å². The molecule has 44 heavy (non-hydrogen) atoms. The quantitative estimate of drug-likeness (QED) is 0.128. The van der Waals surface area contributed by atoms with Gasteiger partial charge in [-0.3, -0.25) is 19.2 Å². The number of anilines is 2. The van der Waals surface area contributed by atoms with Gasteiger partial charge in [0.1, 0.15) is 0 Å². The van der Waals surface area contributed by atoms with Crippen LogP contribution >= 0.6 is 0 Å². The minimum atomic E-state index is -0.226. The van der Waals surface area contributed by atoms with Crippen molar-refractivity contribution >= 4 is 35.0 Å². The molecular weight excluding hydrogens is 552 g/mol. The Bertz CT molecular complexity index is 1450. The Labute approximate surface area is 258 Å². The van der Waals surface area contributed by atoms with Crippen LogP contribution in [-0.2, 0) is 9.59 Å². The van der Waals surface area contributed by atoms with Crippen LogP contribution in [0, 0.1) is 0 Å². The summed E-state index contributed by atoms with van der Waals surface area (Å²) in [4.78, 5) is 50.5. The van der Waals surface area contributed by atoms with Gasteiger partial charge in [0.25, 0.3) is 11.8 Å². The lowest BCUT2D eigenvalue weighted by molar-refractivity contribution is -0.118. The summed E-state index contributed by atoms with van der Waals surface area (Å²) in [5.41, 5.74) is 3.99. The van der Waals surface area contributed by atoms with E-state index in [0.29, 0.717) is 35.3 Å². The highest BCUT2D eigenvalue weighted by Gasteiger charge is 2.14. The van der Waals surface area contributed by atoms with Gasteiger partial charge in [0.15, 0.2) is 0 Å². The largest absolute Gasteiger partial charge is 0.346 e. The van der Waals surface area contributed by atoms with Crippen molar-refractivity contribution in [2.45, 2.75) is 51.6 Å². The van der Waals surface area contributed by atoms with Crippen LogP contribution in [0.15, 0.2) is 109 Å². The third-order valence-electron chi connectivity index (χ3n) is 7.17. The van der Waals surface area contributed by atoms with Crippen LogP contribution in [0.3, 0.4) is 0 Å². The third kappa shape index (κ3) is 9.66. The summed E-state index contributed by atoms with van der Waals surface area (Å²) in [7, 11) is 0. The van der Waals surface area contributed by atoms with Gasteiger partial charge in [-0.15, -0.1) is 0 Å². The molecule has 0 spiro atoms. The van der Waals surface area contributed by atoms with E-state index < -0.39 is 0 Å². The highest BCUT2D eigenvalue weighted by Crippen LogP contribution is 2.17. The number of amides is 4. The fraction of sp³-hybridized carbons (Fsp3) is 0.222. The van der Waals surface area contributed by atoms with Crippen LogP contribution in [0.4, 0.5) is 11.4 Å². The Hall–Kier alpha value is -5.24. The first-order valence-corrected chi connectivity index (χ1v) is 14.8. The van der Waals surface area contributed by atoms with Crippen LogP contribution < -0.4 is 21.3 Å². The van der Waals surface area contributed by atoms with Gasteiger partial charge in [0.05, 0.1) is 12.1 Å². The van der Waals surface area contributed by atoms with E-state index in [1.165, 1.54) is 0 Å². The SMILES string of the molecule is CC(NC(=O)c1cccc(NC(=O)CCCCC(=O)Nc2cccc(C(=O)NC(C)c3ccccc3)c2)c1)c1ccccc1. The van der Waals surface area contributed by atoms with Gasteiger partial charge in [0.2, 0.25) is 11.8 Å². The molecule has 0 aromatic heterocycles. The minimum Gasteiger partial charge on any atom is -0.346 e. The summed E-state index contributed by atoms with van der Waals surface area (Å²) in [5.74, 6) is -0.833. The second-order valence-corrected chi connectivity index (χ2v) is 10.7. The van der Waals surface area contributed by atoms with E-state index in [0.717, 1.165) is 11.1 Å². The Morgan fingerprint density at radius 1 is 0.523 bits per heavy atom. The zero-order valence-corrected chi connectivity index (χ0v) is 25.0. The fourth-order valence-corrected chi connectivity index (χ4v) is 4.70. The van der Waals surface area contributed by atoms with Crippen molar-refractivity contribution in [3.8, 4) is 0 Å². The molecule has 0 radical (unpaired) electrons. The molecule has 226 valence electrons. The van der Waals surface area contributed by atoms with Crippen molar-refractivity contribution < 1.29 is 19.2 Å². The third-order valence-corrected chi connectivity index (χ3v) is 7.17. The van der Waals surface area contributed by atoms with E-state index in [1.54, 1.807) is 48.5 Å². The van der Waals surface area contributed by atoms with Crippen LogP contribution in [-0.4, -0.2) is 23.6 Å². The Kier molecular flexibility index (Phi) is 11.4. The number of carbonyl (C=O) groups excluding carboxylic acids is 4. The Morgan fingerprint density at radius 2 is 0.909 bits per heavy atom. The molecule has 0 aliphatic heterocycles. The van der Waals surface area contributed by atoms with Gasteiger partial charge >= 0.3 is 0 Å². The number of rotatable bonds is 13. The second-order valence-electron chi connectivity index (χ2n) is 10.7. The topological polar surface area (TPSA) is 116 Å². The average Bonchev–Trinajstić information content (AvgIpc) is 3.04. The Morgan fingerprint density at radius 3 is 1.30 bits per heavy atom. The van der Waals surface area contributed by atoms with E-state index in [1.807, 2.05) is 74.5 Å². The second kappa shape index (κ2) is 15.8. The highest BCUT2D eigenvalue weighted by molar-refractivity contribution is 5.98. The van der Waals surface area contributed by atoms with Crippen molar-refractivity contribution in [1.29, 1.82) is 0 Å². The molecule has 4 aromatic rings. The molecule has 4 rings (SSSR count). The summed E-state index contributed by atoms with van der Waals surface area (Å²) < 4.78 is 0. The van der Waals surface area contributed by atoms with Gasteiger partial charge in [-0.25, -0.2) is 0 Å². The molecule has 2 unspecified atom stereocenters. The number of benzene rings is 4. The van der Waals surface area contributed by atoms with Gasteiger partial charge in [-0.2, -0.15) is 0 Å². The molecule has 0 aliphatic carbocycles. The average molecular weight is 591 g/mol. The van der Waals surface area contributed by atoms with Crippen LogP contribution in [0.25, 0.3) is 0 Å². The zero-order valence-electron chi connectivity index (χ0n) is 25.0. The maximum absolute atomic E-state index is 12.7. The molecule has 8 nitrogen and oxygen atoms in total. The summed E-state index contributed by atoms with van der Waals surface area (Å²) in [5, 5.41) is 11.6. The Balaban J connectivity index is 1.18. The van der Waals surface area contributed by atoms with Crippen LogP contribution in [0.5, 0.6) is 0 Å². The predicted molar refractivity (Wildman–Crippen MR) is 173 cm³/mol. The van der Waals surface area contributed by atoms with Crippen molar-refractivity contribution in [3.05, 3.63) is 131 Å². The first kappa shape index (κ1) is 31.7. The number of hydrogen-bond donors (Lipinski definition) is 4. The summed E-state index contributed by atoms with van der Waals surface area (Å²) in [6.45, 7) is 3.84. The number of hydrogen-bond acceptors (Lipinski definition) is 4. The van der Waals surface area contributed by atoms with Crippen molar-refractivity contribution in [1.82, 2.24) is 10.6 Å². The van der Waals surface area contributed by atoms with E-state index in [4.69, 9.17) is 0 Å². The standard InChI is InChI=1S/C36H38N4O4/c1-25(27-13-5-3-6-14-27)37-35(43)29-17-11-19-31(23-29)39-33(41)21-9-10-22-34(42)40-32-20-12-18-30(24-32)36(44)38-26(2)28-15-7-4-8-16-28/h3-8,11-20,23-26H,9-10,21-22H2,1-2H3,(H,37,43)(H,38,44)(H,39,41)(H,40,42). The molecule has 0 saturated heterocycles. The van der Waals surface area contributed by atoms with Crippen LogP contribution in [0.2, 0.25) is 0 Å². The molecule has 0 saturated carbocycles. The smallest absolute Gasteiger partial charge is 0.251 e. The van der Waals surface area contributed by atoms with Gasteiger partial charge in [-0.1, -0.05) is 72.8 Å². The van der Waals surface area contributed by atoms with Crippen molar-refractivity contribution in [2.24, 2.45) is 0 Å². The van der Waals surface area contributed by atoms with E-state index in [-0.39, 0.29) is 48.6 Å². The van der Waals surface area contributed by atoms with Crippen molar-refractivity contribution in [3.63, 3.8) is 0 Å². The summed E-state index contributed by atoms with van der Waals surface area (Å²) in [6.07, 6.45) is 1.52. The molecule has 0 heterocycles.